The molecule has 0 aliphatic heterocycles. The summed E-state index contributed by atoms with van der Waals surface area (Å²) in [6.45, 7) is 3.76. The summed E-state index contributed by atoms with van der Waals surface area (Å²) < 4.78 is 7.23. The number of allylic oxidation sites excluding steroid dienone is 5. The third-order valence-corrected chi connectivity index (χ3v) is 5.40. The maximum Gasteiger partial charge on any atom is 0.143 e. The Balaban J connectivity index is 1.87. The molecule has 31 heavy (non-hydrogen) atoms. The molecule has 0 bridgehead atoms. The average Bonchev–Trinajstić information content (AvgIpc) is 3.16. The second kappa shape index (κ2) is 11.0. The van der Waals surface area contributed by atoms with Gasteiger partial charge in [0, 0.05) is 35.9 Å². The molecule has 9 nitrogen and oxygen atoms in total. The molecule has 2 unspecified atom stereocenters. The first kappa shape index (κ1) is 22.9. The van der Waals surface area contributed by atoms with E-state index < -0.39 is 0 Å². The van der Waals surface area contributed by atoms with Gasteiger partial charge in [-0.1, -0.05) is 13.0 Å². The summed E-state index contributed by atoms with van der Waals surface area (Å²) in [6, 6.07) is -0.369. The number of carbonyl (C=O) groups is 2. The Morgan fingerprint density at radius 2 is 2.16 bits per heavy atom. The van der Waals surface area contributed by atoms with E-state index in [-0.39, 0.29) is 12.0 Å². The van der Waals surface area contributed by atoms with Crippen LogP contribution in [-0.4, -0.2) is 48.5 Å². The van der Waals surface area contributed by atoms with Crippen molar-refractivity contribution in [1.82, 2.24) is 15.0 Å². The Labute approximate surface area is 182 Å². The number of hydrogen-bond donors (Lipinski definition) is 3. The van der Waals surface area contributed by atoms with Crippen molar-refractivity contribution in [1.29, 1.82) is 0 Å². The van der Waals surface area contributed by atoms with Crippen LogP contribution in [0.15, 0.2) is 23.5 Å². The molecule has 2 aliphatic carbocycles. The molecule has 1 aromatic rings. The molecule has 0 spiro atoms. The van der Waals surface area contributed by atoms with Crippen molar-refractivity contribution in [2.24, 2.45) is 17.4 Å². The number of imidazole rings is 1. The Kier molecular flexibility index (Phi) is 8.16. The molecule has 9 heteroatoms. The van der Waals surface area contributed by atoms with Crippen LogP contribution in [0.1, 0.15) is 49.4 Å². The van der Waals surface area contributed by atoms with Crippen molar-refractivity contribution < 1.29 is 19.2 Å². The van der Waals surface area contributed by atoms with E-state index in [2.05, 4.69) is 5.48 Å². The molecule has 1 aromatic heterocycles. The summed E-state index contributed by atoms with van der Waals surface area (Å²) >= 11 is 0. The molecule has 0 amide bonds. The zero-order chi connectivity index (χ0) is 22.2. The van der Waals surface area contributed by atoms with Gasteiger partial charge in [0.1, 0.15) is 18.4 Å². The first-order valence-electron chi connectivity index (χ1n) is 10.7. The summed E-state index contributed by atoms with van der Waals surface area (Å²) in [5, 5.41) is 0. The van der Waals surface area contributed by atoms with Crippen LogP contribution >= 0.6 is 0 Å². The minimum absolute atomic E-state index is 0.208. The van der Waals surface area contributed by atoms with Crippen LogP contribution < -0.4 is 16.9 Å². The molecule has 5 N–H and O–H groups in total. The normalized spacial score (nSPS) is 19.0. The van der Waals surface area contributed by atoms with Gasteiger partial charge in [0.25, 0.3) is 0 Å². The van der Waals surface area contributed by atoms with Crippen molar-refractivity contribution in [3.63, 3.8) is 0 Å². The number of fused-ring (bicyclic) bond motifs is 1. The fourth-order valence-corrected chi connectivity index (χ4v) is 3.75. The lowest BCUT2D eigenvalue weighted by Crippen LogP contribution is -2.22. The number of hydroxylamine groups is 1. The highest BCUT2D eigenvalue weighted by atomic mass is 16.7. The fraction of sp³-hybridized carbons (Fsp3) is 0.500. The highest BCUT2D eigenvalue weighted by molar-refractivity contribution is 5.77. The topological polar surface area (TPSA) is 134 Å². The number of nitrogens with zero attached hydrogens (tertiary/aromatic N) is 2. The van der Waals surface area contributed by atoms with E-state index in [0.717, 1.165) is 35.2 Å². The largest absolute Gasteiger partial charge is 0.401 e. The van der Waals surface area contributed by atoms with Crippen LogP contribution in [0.4, 0.5) is 0 Å². The minimum atomic E-state index is -0.369. The van der Waals surface area contributed by atoms with E-state index in [1.807, 2.05) is 29.7 Å². The van der Waals surface area contributed by atoms with Crippen molar-refractivity contribution in [2.75, 3.05) is 26.4 Å². The lowest BCUT2D eigenvalue weighted by molar-refractivity contribution is -0.111. The zero-order valence-corrected chi connectivity index (χ0v) is 17.9. The number of ether oxygens (including phenoxy) is 1. The van der Waals surface area contributed by atoms with Crippen LogP contribution in [0.3, 0.4) is 0 Å². The quantitative estimate of drug-likeness (QED) is 0.257. The molecule has 0 aromatic carbocycles. The summed E-state index contributed by atoms with van der Waals surface area (Å²) in [7, 11) is 0. The predicted molar refractivity (Wildman–Crippen MR) is 117 cm³/mol. The van der Waals surface area contributed by atoms with Crippen molar-refractivity contribution in [3.8, 4) is 0 Å². The molecule has 168 valence electrons. The van der Waals surface area contributed by atoms with Crippen LogP contribution in [0.2, 0.25) is 0 Å². The lowest BCUT2D eigenvalue weighted by Gasteiger charge is -2.22. The smallest absolute Gasteiger partial charge is 0.143 e. The first-order chi connectivity index (χ1) is 15.1. The first-order valence-corrected chi connectivity index (χ1v) is 10.7. The minimum Gasteiger partial charge on any atom is -0.401 e. The van der Waals surface area contributed by atoms with Gasteiger partial charge in [-0.25, -0.2) is 4.98 Å². The average molecular weight is 430 g/mol. The van der Waals surface area contributed by atoms with Crippen LogP contribution in [-0.2, 0) is 25.6 Å². The number of nitrogens with one attached hydrogen (secondary N) is 1. The molecule has 1 heterocycles. The van der Waals surface area contributed by atoms with Gasteiger partial charge in [-0.2, -0.15) is 0 Å². The Bertz CT molecular complexity index is 887. The summed E-state index contributed by atoms with van der Waals surface area (Å²) in [4.78, 5) is 33.4. The molecule has 0 radical (unpaired) electrons. The Morgan fingerprint density at radius 1 is 1.32 bits per heavy atom. The van der Waals surface area contributed by atoms with Gasteiger partial charge in [-0.15, -0.1) is 0 Å². The Morgan fingerprint density at radius 3 is 2.87 bits per heavy atom. The highest BCUT2D eigenvalue weighted by Gasteiger charge is 2.28. The van der Waals surface area contributed by atoms with E-state index in [9.17, 15) is 9.59 Å². The van der Waals surface area contributed by atoms with E-state index in [1.165, 1.54) is 0 Å². The van der Waals surface area contributed by atoms with E-state index in [0.29, 0.717) is 63.6 Å². The second-order valence-electron chi connectivity index (χ2n) is 7.57. The van der Waals surface area contributed by atoms with Gasteiger partial charge in [-0.3, -0.25) is 10.3 Å². The third kappa shape index (κ3) is 5.30. The van der Waals surface area contributed by atoms with E-state index in [4.69, 9.17) is 26.0 Å². The molecular formula is C22H31N5O4. The molecule has 0 fully saturated rings. The fourth-order valence-electron chi connectivity index (χ4n) is 3.75. The van der Waals surface area contributed by atoms with Crippen LogP contribution in [0.5, 0.6) is 0 Å². The van der Waals surface area contributed by atoms with Crippen molar-refractivity contribution in [2.45, 2.75) is 38.6 Å². The highest BCUT2D eigenvalue weighted by Crippen LogP contribution is 2.34. The van der Waals surface area contributed by atoms with Gasteiger partial charge < -0.3 is 30.4 Å². The lowest BCUT2D eigenvalue weighted by atomic mass is 9.97. The predicted octanol–water partition coefficient (Wildman–Crippen LogP) is 1.26. The zero-order valence-electron chi connectivity index (χ0n) is 17.9. The van der Waals surface area contributed by atoms with Gasteiger partial charge >= 0.3 is 0 Å². The number of nitrogens with two attached hydrogens (primary N) is 2. The number of aldehydes is 2. The van der Waals surface area contributed by atoms with E-state index >= 15 is 0 Å². The standard InChI is InChI=1S/C22H31N5O4/c1-2-17(14-29)27-21-6-3-15(13-28)11-20(21)25-22(27)18-12-16(4-5-19(18)24)26-31-10-9-30-8-7-23/h3,6,12-15,17,26H,2,4-5,7-11,23-24H2,1H3. The van der Waals surface area contributed by atoms with Crippen molar-refractivity contribution >= 4 is 24.2 Å². The molecule has 0 saturated heterocycles. The summed E-state index contributed by atoms with van der Waals surface area (Å²) in [5.74, 6) is 0.434. The van der Waals surface area contributed by atoms with Crippen LogP contribution in [0, 0.1) is 5.92 Å². The number of aromatic nitrogens is 2. The molecule has 2 atom stereocenters. The van der Waals surface area contributed by atoms with Gasteiger partial charge in [0.2, 0.25) is 0 Å². The van der Waals surface area contributed by atoms with Gasteiger partial charge in [0.15, 0.2) is 0 Å². The van der Waals surface area contributed by atoms with E-state index in [1.54, 1.807) is 0 Å². The molecular weight excluding hydrogens is 398 g/mol. The summed E-state index contributed by atoms with van der Waals surface area (Å²) in [5.41, 5.74) is 18.7. The van der Waals surface area contributed by atoms with Gasteiger partial charge in [-0.05, 0) is 31.4 Å². The third-order valence-electron chi connectivity index (χ3n) is 5.40. The number of rotatable bonds is 12. The number of hydrogen-bond acceptors (Lipinski definition) is 8. The van der Waals surface area contributed by atoms with Crippen LogP contribution in [0.25, 0.3) is 11.6 Å². The molecule has 3 rings (SSSR count). The maximum atomic E-state index is 11.8. The second-order valence-corrected chi connectivity index (χ2v) is 7.57. The monoisotopic (exact) mass is 429 g/mol. The van der Waals surface area contributed by atoms with Crippen molar-refractivity contribution in [3.05, 3.63) is 40.8 Å². The Hall–Kier alpha value is -2.75. The van der Waals surface area contributed by atoms with Gasteiger partial charge in [0.05, 0.1) is 37.3 Å². The maximum absolute atomic E-state index is 11.8. The SMILES string of the molecule is CCC(C=O)n1c(C2=C(N)CCC(NOCCOCCN)=C2)nc2c1C=CC(C=O)C2. The summed E-state index contributed by atoms with van der Waals surface area (Å²) in [6.07, 6.45) is 9.99. The number of carbonyl (C=O) groups excluding carboxylic acids is 2. The molecule has 2 aliphatic rings. The molecule has 0 saturated carbocycles.